The van der Waals surface area contributed by atoms with E-state index in [0.29, 0.717) is 0 Å². The topological polar surface area (TPSA) is 26.0 Å². The molecule has 0 unspecified atom stereocenters. The van der Waals surface area contributed by atoms with Crippen LogP contribution in [0.3, 0.4) is 0 Å². The normalized spacial score (nSPS) is 20.7. The second-order valence-electron chi connectivity index (χ2n) is 5.61. The number of aryl methyl sites for hydroxylation is 2. The van der Waals surface area contributed by atoms with E-state index in [1.807, 2.05) is 0 Å². The lowest BCUT2D eigenvalue weighted by Gasteiger charge is -2.01. The van der Waals surface area contributed by atoms with E-state index in [2.05, 4.69) is 4.98 Å². The molecule has 0 aromatic carbocycles. The molecule has 0 spiro atoms. The highest BCUT2D eigenvalue weighted by molar-refractivity contribution is 5.07. The first kappa shape index (κ1) is 13.6. The zero-order valence-corrected chi connectivity index (χ0v) is 11.6. The van der Waals surface area contributed by atoms with Crippen LogP contribution in [0.4, 0.5) is 0 Å². The molecule has 1 aliphatic rings. The molecule has 2 heteroatoms. The van der Waals surface area contributed by atoms with Crippen LogP contribution in [-0.4, -0.2) is 4.98 Å². The molecule has 0 atom stereocenters. The Morgan fingerprint density at radius 1 is 0.667 bits per heavy atom. The van der Waals surface area contributed by atoms with E-state index in [9.17, 15) is 0 Å². The summed E-state index contributed by atoms with van der Waals surface area (Å²) in [6, 6.07) is 0. The average molecular weight is 249 g/mol. The molecule has 0 N–H and O–H groups in total. The van der Waals surface area contributed by atoms with Crippen molar-refractivity contribution in [2.45, 2.75) is 83.5 Å². The van der Waals surface area contributed by atoms with Gasteiger partial charge in [-0.2, -0.15) is 0 Å². The van der Waals surface area contributed by atoms with E-state index in [4.69, 9.17) is 4.42 Å². The minimum absolute atomic E-state index is 1.09. The van der Waals surface area contributed by atoms with Crippen molar-refractivity contribution in [3.63, 3.8) is 0 Å². The lowest BCUT2D eigenvalue weighted by Crippen LogP contribution is -1.93. The van der Waals surface area contributed by atoms with Crippen LogP contribution in [-0.2, 0) is 12.8 Å². The fraction of sp³-hybridized carbons (Fsp3) is 0.812. The Labute approximate surface area is 111 Å². The first-order chi connectivity index (χ1) is 8.97. The van der Waals surface area contributed by atoms with Gasteiger partial charge >= 0.3 is 0 Å². The predicted octanol–water partition coefficient (Wildman–Crippen LogP) is 5.06. The number of hydrogen-bond donors (Lipinski definition) is 0. The van der Waals surface area contributed by atoms with Gasteiger partial charge in [-0.3, -0.25) is 0 Å². The summed E-state index contributed by atoms with van der Waals surface area (Å²) in [5, 5.41) is 0. The quantitative estimate of drug-likeness (QED) is 0.642. The van der Waals surface area contributed by atoms with Crippen molar-refractivity contribution in [3.8, 4) is 0 Å². The molecular formula is C16H27NO. The summed E-state index contributed by atoms with van der Waals surface area (Å²) in [5.74, 6) is 1.16. The molecule has 102 valence electrons. The minimum atomic E-state index is 1.09. The second-order valence-corrected chi connectivity index (χ2v) is 5.61. The number of fused-ring (bicyclic) bond motifs is 1. The van der Waals surface area contributed by atoms with Crippen molar-refractivity contribution in [2.24, 2.45) is 0 Å². The highest BCUT2D eigenvalue weighted by Crippen LogP contribution is 2.17. The second kappa shape index (κ2) is 8.34. The molecular weight excluding hydrogens is 222 g/mol. The van der Waals surface area contributed by atoms with Crippen LogP contribution in [0.25, 0.3) is 0 Å². The summed E-state index contributed by atoms with van der Waals surface area (Å²) in [5.41, 5.74) is 1.23. The first-order valence-electron chi connectivity index (χ1n) is 7.88. The predicted molar refractivity (Wildman–Crippen MR) is 74.7 cm³/mol. The third kappa shape index (κ3) is 4.83. The molecule has 1 aromatic rings. The third-order valence-corrected chi connectivity index (χ3v) is 4.04. The number of rotatable bonds is 0. The Bertz CT molecular complexity index is 290. The van der Waals surface area contributed by atoms with Gasteiger partial charge in [0.1, 0.15) is 5.76 Å². The summed E-state index contributed by atoms with van der Waals surface area (Å²) in [7, 11) is 0. The number of oxazole rings is 1. The van der Waals surface area contributed by atoms with Gasteiger partial charge in [0.25, 0.3) is 0 Å². The summed E-state index contributed by atoms with van der Waals surface area (Å²) < 4.78 is 5.53. The molecule has 0 fully saturated rings. The number of hydrogen-bond acceptors (Lipinski definition) is 2. The van der Waals surface area contributed by atoms with Gasteiger partial charge in [0.15, 0.2) is 6.39 Å². The van der Waals surface area contributed by atoms with Crippen molar-refractivity contribution in [2.75, 3.05) is 0 Å². The Morgan fingerprint density at radius 2 is 1.17 bits per heavy atom. The Kier molecular flexibility index (Phi) is 6.32. The third-order valence-electron chi connectivity index (χ3n) is 4.04. The Morgan fingerprint density at radius 3 is 1.78 bits per heavy atom. The standard InChI is InChI=1S/C16H27NO/c1-2-4-6-8-10-12-15-16(18-14-17-15)13-11-9-7-5-3-1/h14H,1-13H2. The van der Waals surface area contributed by atoms with Gasteiger partial charge in [-0.15, -0.1) is 0 Å². The van der Waals surface area contributed by atoms with Crippen LogP contribution in [0.15, 0.2) is 10.8 Å². The summed E-state index contributed by atoms with van der Waals surface area (Å²) in [4.78, 5) is 4.38. The van der Waals surface area contributed by atoms with Crippen molar-refractivity contribution in [3.05, 3.63) is 17.8 Å². The minimum Gasteiger partial charge on any atom is -0.448 e. The van der Waals surface area contributed by atoms with Crippen molar-refractivity contribution in [1.29, 1.82) is 0 Å². The van der Waals surface area contributed by atoms with Crippen LogP contribution in [0.2, 0.25) is 0 Å². The van der Waals surface area contributed by atoms with Crippen LogP contribution in [0.5, 0.6) is 0 Å². The molecule has 0 saturated heterocycles. The maximum absolute atomic E-state index is 5.53. The van der Waals surface area contributed by atoms with Gasteiger partial charge in [-0.05, 0) is 19.3 Å². The number of nitrogens with zero attached hydrogens (tertiary/aromatic N) is 1. The van der Waals surface area contributed by atoms with Crippen LogP contribution < -0.4 is 0 Å². The lowest BCUT2D eigenvalue weighted by molar-refractivity contribution is 0.483. The molecule has 1 heterocycles. The average Bonchev–Trinajstić information content (AvgIpc) is 2.81. The maximum atomic E-state index is 5.53. The van der Waals surface area contributed by atoms with E-state index >= 15 is 0 Å². The van der Waals surface area contributed by atoms with Crippen molar-refractivity contribution in [1.82, 2.24) is 4.98 Å². The molecule has 2 nitrogen and oxygen atoms in total. The molecule has 0 amide bonds. The molecule has 1 aromatic heterocycles. The Balaban J connectivity index is 1.81. The van der Waals surface area contributed by atoms with Crippen molar-refractivity contribution < 1.29 is 4.42 Å². The van der Waals surface area contributed by atoms with E-state index in [0.717, 1.165) is 18.6 Å². The fourth-order valence-corrected chi connectivity index (χ4v) is 2.87. The van der Waals surface area contributed by atoms with Crippen LogP contribution in [0.1, 0.15) is 82.1 Å². The fourth-order valence-electron chi connectivity index (χ4n) is 2.87. The molecule has 0 aliphatic heterocycles. The molecule has 1 aliphatic carbocycles. The highest BCUT2D eigenvalue weighted by Gasteiger charge is 2.08. The van der Waals surface area contributed by atoms with Gasteiger partial charge in [-0.1, -0.05) is 57.8 Å². The van der Waals surface area contributed by atoms with Gasteiger partial charge in [0, 0.05) is 6.42 Å². The summed E-state index contributed by atoms with van der Waals surface area (Å²) in [6.07, 6.45) is 19.0. The Hall–Kier alpha value is -0.790. The molecule has 0 radical (unpaired) electrons. The zero-order chi connectivity index (χ0) is 12.5. The summed E-state index contributed by atoms with van der Waals surface area (Å²) >= 11 is 0. The van der Waals surface area contributed by atoms with Gasteiger partial charge in [-0.25, -0.2) is 4.98 Å². The first-order valence-corrected chi connectivity index (χ1v) is 7.88. The largest absolute Gasteiger partial charge is 0.448 e. The number of aromatic nitrogens is 1. The van der Waals surface area contributed by atoms with Gasteiger partial charge < -0.3 is 4.42 Å². The SMILES string of the molecule is c1nc2c(o1)CCCCCCCCCCCCC2. The van der Waals surface area contributed by atoms with Gasteiger partial charge in [0.05, 0.1) is 5.69 Å². The van der Waals surface area contributed by atoms with Crippen LogP contribution >= 0.6 is 0 Å². The lowest BCUT2D eigenvalue weighted by atomic mass is 10.1. The highest BCUT2D eigenvalue weighted by atomic mass is 16.3. The zero-order valence-electron chi connectivity index (χ0n) is 11.6. The maximum Gasteiger partial charge on any atom is 0.181 e. The molecule has 0 saturated carbocycles. The molecule has 18 heavy (non-hydrogen) atoms. The summed E-state index contributed by atoms with van der Waals surface area (Å²) in [6.45, 7) is 0. The van der Waals surface area contributed by atoms with E-state index in [1.54, 1.807) is 6.39 Å². The van der Waals surface area contributed by atoms with Crippen LogP contribution in [0, 0.1) is 0 Å². The van der Waals surface area contributed by atoms with Gasteiger partial charge in [0.2, 0.25) is 0 Å². The molecule has 2 rings (SSSR count). The van der Waals surface area contributed by atoms with Crippen molar-refractivity contribution >= 4 is 0 Å². The smallest absolute Gasteiger partial charge is 0.181 e. The monoisotopic (exact) mass is 249 g/mol. The van der Waals surface area contributed by atoms with E-state index in [1.165, 1.54) is 76.3 Å². The van der Waals surface area contributed by atoms with E-state index < -0.39 is 0 Å². The molecule has 0 bridgehead atoms. The van der Waals surface area contributed by atoms with E-state index in [-0.39, 0.29) is 0 Å².